The zero-order chi connectivity index (χ0) is 14.4. The number of hydrogen-bond donors (Lipinski definition) is 2. The summed E-state index contributed by atoms with van der Waals surface area (Å²) < 4.78 is 16.1. The fourth-order valence-electron chi connectivity index (χ4n) is 2.15. The Kier molecular flexibility index (Phi) is 5.23. The average Bonchev–Trinajstić information content (AvgIpc) is 2.90. The number of aliphatic hydroxyl groups excluding tert-OH is 1. The lowest BCUT2D eigenvalue weighted by molar-refractivity contribution is 0.0931. The third kappa shape index (κ3) is 4.10. The molecule has 0 amide bonds. The first-order chi connectivity index (χ1) is 9.63. The van der Waals surface area contributed by atoms with E-state index in [1.165, 1.54) is 0 Å². The molecule has 5 heteroatoms. The summed E-state index contributed by atoms with van der Waals surface area (Å²) in [6, 6.07) is 7.41. The van der Waals surface area contributed by atoms with Crippen LogP contribution in [0.25, 0.3) is 0 Å². The van der Waals surface area contributed by atoms with Gasteiger partial charge in [-0.2, -0.15) is 0 Å². The van der Waals surface area contributed by atoms with Crippen molar-refractivity contribution in [2.75, 3.05) is 33.5 Å². The van der Waals surface area contributed by atoms with E-state index in [1.807, 2.05) is 24.3 Å². The van der Waals surface area contributed by atoms with E-state index in [4.69, 9.17) is 14.2 Å². The van der Waals surface area contributed by atoms with Crippen LogP contribution in [0.15, 0.2) is 24.3 Å². The number of benzene rings is 1. The molecule has 0 bridgehead atoms. The number of rotatable bonds is 7. The highest BCUT2D eigenvalue weighted by Gasteiger charge is 2.29. The predicted molar refractivity (Wildman–Crippen MR) is 76.3 cm³/mol. The van der Waals surface area contributed by atoms with E-state index in [0.717, 1.165) is 13.0 Å². The summed E-state index contributed by atoms with van der Waals surface area (Å²) in [6.45, 7) is 4.28. The summed E-state index contributed by atoms with van der Waals surface area (Å²) >= 11 is 0. The highest BCUT2D eigenvalue weighted by Crippen LogP contribution is 2.25. The minimum absolute atomic E-state index is 0.0363. The van der Waals surface area contributed by atoms with Gasteiger partial charge in [0.05, 0.1) is 13.7 Å². The fraction of sp³-hybridized carbons (Fsp3) is 0.600. The second-order valence-electron chi connectivity index (χ2n) is 5.36. The van der Waals surface area contributed by atoms with Crippen molar-refractivity contribution in [3.8, 4) is 11.5 Å². The Morgan fingerprint density at radius 3 is 2.80 bits per heavy atom. The van der Waals surface area contributed by atoms with E-state index in [0.29, 0.717) is 24.7 Å². The number of para-hydroxylation sites is 2. The molecular weight excluding hydrogens is 258 g/mol. The summed E-state index contributed by atoms with van der Waals surface area (Å²) in [7, 11) is 1.60. The molecule has 2 N–H and O–H groups in total. The quantitative estimate of drug-likeness (QED) is 0.786. The van der Waals surface area contributed by atoms with Gasteiger partial charge in [0.25, 0.3) is 0 Å². The summed E-state index contributed by atoms with van der Waals surface area (Å²) in [5.74, 6) is 1.31. The summed E-state index contributed by atoms with van der Waals surface area (Å²) in [4.78, 5) is 0. The molecule has 0 spiro atoms. The molecule has 2 rings (SSSR count). The van der Waals surface area contributed by atoms with E-state index >= 15 is 0 Å². The normalized spacial score (nSPS) is 23.6. The van der Waals surface area contributed by atoms with Gasteiger partial charge in [-0.05, 0) is 25.5 Å². The molecule has 0 aromatic heterocycles. The van der Waals surface area contributed by atoms with Crippen molar-refractivity contribution >= 4 is 0 Å². The van der Waals surface area contributed by atoms with E-state index < -0.39 is 6.10 Å². The van der Waals surface area contributed by atoms with Crippen molar-refractivity contribution in [2.24, 2.45) is 0 Å². The topological polar surface area (TPSA) is 60.0 Å². The molecule has 0 saturated carbocycles. The molecule has 1 aromatic rings. The van der Waals surface area contributed by atoms with Crippen LogP contribution in [0.4, 0.5) is 0 Å². The zero-order valence-electron chi connectivity index (χ0n) is 12.1. The van der Waals surface area contributed by atoms with Crippen LogP contribution in [0.1, 0.15) is 13.3 Å². The molecular formula is C15H23NO4. The Morgan fingerprint density at radius 1 is 1.40 bits per heavy atom. The third-order valence-electron chi connectivity index (χ3n) is 3.48. The van der Waals surface area contributed by atoms with Crippen molar-refractivity contribution in [3.63, 3.8) is 0 Å². The van der Waals surface area contributed by atoms with Gasteiger partial charge >= 0.3 is 0 Å². The molecule has 1 aliphatic rings. The van der Waals surface area contributed by atoms with Gasteiger partial charge in [-0.25, -0.2) is 0 Å². The van der Waals surface area contributed by atoms with Gasteiger partial charge in [-0.3, -0.25) is 0 Å². The number of aliphatic hydroxyl groups is 1. The van der Waals surface area contributed by atoms with Crippen LogP contribution >= 0.6 is 0 Å². The van der Waals surface area contributed by atoms with Gasteiger partial charge in [0.2, 0.25) is 0 Å². The monoisotopic (exact) mass is 281 g/mol. The maximum atomic E-state index is 9.98. The average molecular weight is 281 g/mol. The van der Waals surface area contributed by atoms with Crippen molar-refractivity contribution in [2.45, 2.75) is 25.0 Å². The smallest absolute Gasteiger partial charge is 0.161 e. The molecule has 0 radical (unpaired) electrons. The highest BCUT2D eigenvalue weighted by atomic mass is 16.5. The Labute approximate surface area is 119 Å². The van der Waals surface area contributed by atoms with Crippen LogP contribution < -0.4 is 14.8 Å². The van der Waals surface area contributed by atoms with Crippen LogP contribution in [0, 0.1) is 0 Å². The minimum atomic E-state index is -0.572. The van der Waals surface area contributed by atoms with Crippen molar-refractivity contribution in [3.05, 3.63) is 24.3 Å². The molecule has 1 aromatic carbocycles. The van der Waals surface area contributed by atoms with E-state index in [1.54, 1.807) is 7.11 Å². The van der Waals surface area contributed by atoms with Crippen LogP contribution in [0.2, 0.25) is 0 Å². The van der Waals surface area contributed by atoms with Gasteiger partial charge in [0.15, 0.2) is 11.5 Å². The van der Waals surface area contributed by atoms with E-state index in [-0.39, 0.29) is 12.1 Å². The molecule has 0 aliphatic carbocycles. The van der Waals surface area contributed by atoms with Crippen LogP contribution in [0.3, 0.4) is 0 Å². The number of β-amino-alcohol motifs (C(OH)–C–C–N with tert-alkyl or cyclic N) is 1. The second-order valence-corrected chi connectivity index (χ2v) is 5.36. The first kappa shape index (κ1) is 15.1. The maximum absolute atomic E-state index is 9.98. The highest BCUT2D eigenvalue weighted by molar-refractivity contribution is 5.39. The molecule has 1 fully saturated rings. The number of ether oxygens (including phenoxy) is 3. The molecule has 5 nitrogen and oxygen atoms in total. The second kappa shape index (κ2) is 6.92. The molecule has 20 heavy (non-hydrogen) atoms. The summed E-state index contributed by atoms with van der Waals surface area (Å²) in [5.41, 5.74) is -0.0363. The first-order valence-corrected chi connectivity index (χ1v) is 6.90. The minimum Gasteiger partial charge on any atom is -0.493 e. The zero-order valence-corrected chi connectivity index (χ0v) is 12.1. The van der Waals surface area contributed by atoms with Crippen molar-refractivity contribution in [1.82, 2.24) is 5.32 Å². The summed E-state index contributed by atoms with van der Waals surface area (Å²) in [6.07, 6.45) is 0.393. The molecule has 1 aliphatic heterocycles. The standard InChI is InChI=1S/C15H23NO4/c1-15(7-8-19-11-15)16-9-12(17)10-20-14-6-4-3-5-13(14)18-2/h3-6,12,16-17H,7-11H2,1-2H3. The van der Waals surface area contributed by atoms with E-state index in [9.17, 15) is 5.11 Å². The fourth-order valence-corrected chi connectivity index (χ4v) is 2.15. The predicted octanol–water partition coefficient (Wildman–Crippen LogP) is 1.20. The largest absolute Gasteiger partial charge is 0.493 e. The number of nitrogens with one attached hydrogen (secondary N) is 1. The van der Waals surface area contributed by atoms with Gasteiger partial charge in [-0.15, -0.1) is 0 Å². The number of methoxy groups -OCH3 is 1. The number of hydrogen-bond acceptors (Lipinski definition) is 5. The van der Waals surface area contributed by atoms with Crippen LogP contribution in [0.5, 0.6) is 11.5 Å². The lowest BCUT2D eigenvalue weighted by Gasteiger charge is -2.25. The molecule has 1 saturated heterocycles. The Bertz CT molecular complexity index is 418. The lowest BCUT2D eigenvalue weighted by Crippen LogP contribution is -2.47. The first-order valence-electron chi connectivity index (χ1n) is 6.90. The lowest BCUT2D eigenvalue weighted by atomic mass is 10.0. The third-order valence-corrected chi connectivity index (χ3v) is 3.48. The Morgan fingerprint density at radius 2 is 2.15 bits per heavy atom. The molecule has 112 valence electrons. The SMILES string of the molecule is COc1ccccc1OCC(O)CNC1(C)CCOC1. The maximum Gasteiger partial charge on any atom is 0.161 e. The Hall–Kier alpha value is -1.30. The van der Waals surface area contributed by atoms with Crippen LogP contribution in [-0.2, 0) is 4.74 Å². The molecule has 1 heterocycles. The van der Waals surface area contributed by atoms with Gasteiger partial charge in [0, 0.05) is 18.7 Å². The van der Waals surface area contributed by atoms with Gasteiger partial charge in [0.1, 0.15) is 12.7 Å². The van der Waals surface area contributed by atoms with Crippen molar-refractivity contribution in [1.29, 1.82) is 0 Å². The van der Waals surface area contributed by atoms with Crippen molar-refractivity contribution < 1.29 is 19.3 Å². The summed E-state index contributed by atoms with van der Waals surface area (Å²) in [5, 5.41) is 13.3. The van der Waals surface area contributed by atoms with E-state index in [2.05, 4.69) is 12.2 Å². The Balaban J connectivity index is 1.76. The van der Waals surface area contributed by atoms with Crippen LogP contribution in [-0.4, -0.2) is 50.2 Å². The van der Waals surface area contributed by atoms with Gasteiger partial charge < -0.3 is 24.6 Å². The van der Waals surface area contributed by atoms with Gasteiger partial charge in [-0.1, -0.05) is 12.1 Å². The molecule has 2 atom stereocenters. The molecule has 2 unspecified atom stereocenters.